The maximum atomic E-state index is 12.2. The molecule has 1 aromatic heterocycles. The van der Waals surface area contributed by atoms with Crippen LogP contribution in [-0.4, -0.2) is 27.1 Å². The van der Waals surface area contributed by atoms with Crippen LogP contribution in [0, 0.1) is 10.1 Å². The van der Waals surface area contributed by atoms with Crippen molar-refractivity contribution in [1.29, 1.82) is 0 Å². The molecule has 0 bridgehead atoms. The van der Waals surface area contributed by atoms with Gasteiger partial charge in [0.15, 0.2) is 0 Å². The third-order valence-corrected chi connectivity index (χ3v) is 4.06. The number of hydrogen-bond donors (Lipinski definition) is 2. The molecule has 1 atom stereocenters. The number of nitro benzene ring substituents is 1. The van der Waals surface area contributed by atoms with Gasteiger partial charge < -0.3 is 5.32 Å². The highest BCUT2D eigenvalue weighted by Crippen LogP contribution is 2.25. The molecule has 22 heavy (non-hydrogen) atoms. The Kier molecular flexibility index (Phi) is 3.81. The molecule has 0 saturated carbocycles. The number of amides is 1. The summed E-state index contributed by atoms with van der Waals surface area (Å²) in [5.41, 5.74) is 2.33. The fourth-order valence-electron chi connectivity index (χ4n) is 2.60. The molecule has 0 unspecified atom stereocenters. The predicted molar refractivity (Wildman–Crippen MR) is 80.0 cm³/mol. The van der Waals surface area contributed by atoms with Gasteiger partial charge in [-0.1, -0.05) is 11.6 Å². The van der Waals surface area contributed by atoms with E-state index in [1.807, 2.05) is 0 Å². The first kappa shape index (κ1) is 14.5. The lowest BCUT2D eigenvalue weighted by Crippen LogP contribution is -2.38. The molecular weight excluding hydrogens is 308 g/mol. The van der Waals surface area contributed by atoms with E-state index in [0.29, 0.717) is 5.56 Å². The minimum absolute atomic E-state index is 0.0200. The van der Waals surface area contributed by atoms with Gasteiger partial charge in [-0.2, -0.15) is 5.10 Å². The summed E-state index contributed by atoms with van der Waals surface area (Å²) in [6, 6.07) is 3.99. The van der Waals surface area contributed by atoms with Crippen molar-refractivity contribution in [3.8, 4) is 0 Å². The Hall–Kier alpha value is -2.41. The second kappa shape index (κ2) is 5.76. The van der Waals surface area contributed by atoms with Gasteiger partial charge in [0.2, 0.25) is 0 Å². The van der Waals surface area contributed by atoms with Crippen molar-refractivity contribution >= 4 is 23.2 Å². The van der Waals surface area contributed by atoms with Crippen LogP contribution in [0.1, 0.15) is 28.0 Å². The van der Waals surface area contributed by atoms with Crippen LogP contribution >= 0.6 is 11.6 Å². The summed E-state index contributed by atoms with van der Waals surface area (Å²) >= 11 is 5.83. The summed E-state index contributed by atoms with van der Waals surface area (Å²) in [5.74, 6) is -0.284. The van der Waals surface area contributed by atoms with E-state index in [1.54, 1.807) is 6.20 Å². The first-order chi connectivity index (χ1) is 10.5. The molecule has 2 N–H and O–H groups in total. The van der Waals surface area contributed by atoms with E-state index in [2.05, 4.69) is 15.5 Å². The number of fused-ring (bicyclic) bond motifs is 1. The molecule has 8 heteroatoms. The van der Waals surface area contributed by atoms with E-state index < -0.39 is 4.92 Å². The highest BCUT2D eigenvalue weighted by atomic mass is 35.5. The van der Waals surface area contributed by atoms with Gasteiger partial charge in [0.25, 0.3) is 11.6 Å². The number of aromatic nitrogens is 2. The standard InChI is InChI=1S/C14H13ClN4O3/c15-11-6-8(1-4-13(11)19(21)22)14(20)17-10-2-3-12-9(5-10)7-16-18-12/h1,4,6-7,10H,2-3,5H2,(H,16,18)(H,17,20)/t10-/m0/s1. The third kappa shape index (κ3) is 2.80. The molecule has 1 aliphatic rings. The van der Waals surface area contributed by atoms with E-state index in [1.165, 1.54) is 18.2 Å². The number of benzene rings is 1. The Bertz CT molecular complexity index is 743. The minimum atomic E-state index is -0.578. The van der Waals surface area contributed by atoms with Gasteiger partial charge in [-0.3, -0.25) is 20.0 Å². The summed E-state index contributed by atoms with van der Waals surface area (Å²) < 4.78 is 0. The fourth-order valence-corrected chi connectivity index (χ4v) is 2.85. The summed E-state index contributed by atoms with van der Waals surface area (Å²) in [6.07, 6.45) is 4.15. The number of aryl methyl sites for hydroxylation is 1. The number of nitrogens with zero attached hydrogens (tertiary/aromatic N) is 2. The zero-order valence-corrected chi connectivity index (χ0v) is 12.3. The van der Waals surface area contributed by atoms with Crippen molar-refractivity contribution in [2.75, 3.05) is 0 Å². The Labute approximate surface area is 130 Å². The predicted octanol–water partition coefficient (Wildman–Crippen LogP) is 2.26. The second-order valence-electron chi connectivity index (χ2n) is 5.21. The third-order valence-electron chi connectivity index (χ3n) is 3.76. The first-order valence-electron chi connectivity index (χ1n) is 6.80. The summed E-state index contributed by atoms with van der Waals surface area (Å²) in [6.45, 7) is 0. The van der Waals surface area contributed by atoms with Crippen molar-refractivity contribution in [3.05, 3.63) is 56.4 Å². The molecule has 0 aliphatic heterocycles. The second-order valence-corrected chi connectivity index (χ2v) is 5.62. The van der Waals surface area contributed by atoms with Crippen molar-refractivity contribution in [3.63, 3.8) is 0 Å². The van der Waals surface area contributed by atoms with Gasteiger partial charge in [0.05, 0.1) is 11.1 Å². The van der Waals surface area contributed by atoms with Crippen molar-refractivity contribution in [1.82, 2.24) is 15.5 Å². The minimum Gasteiger partial charge on any atom is -0.349 e. The van der Waals surface area contributed by atoms with Crippen molar-refractivity contribution < 1.29 is 9.72 Å². The number of aromatic amines is 1. The molecule has 1 heterocycles. The number of hydrogen-bond acceptors (Lipinski definition) is 4. The Balaban J connectivity index is 1.70. The van der Waals surface area contributed by atoms with Crippen molar-refractivity contribution in [2.45, 2.75) is 25.3 Å². The number of carbonyl (C=O) groups excluding carboxylic acids is 1. The summed E-state index contributed by atoms with van der Waals surface area (Å²) in [5, 5.41) is 20.6. The number of nitro groups is 1. The molecule has 114 valence electrons. The van der Waals surface area contributed by atoms with Crippen LogP contribution in [0.4, 0.5) is 5.69 Å². The molecule has 0 fully saturated rings. The zero-order valence-electron chi connectivity index (χ0n) is 11.5. The lowest BCUT2D eigenvalue weighted by atomic mass is 9.93. The largest absolute Gasteiger partial charge is 0.349 e. The smallest absolute Gasteiger partial charge is 0.287 e. The first-order valence-corrected chi connectivity index (χ1v) is 7.18. The van der Waals surface area contributed by atoms with Crippen LogP contribution in [0.5, 0.6) is 0 Å². The average Bonchev–Trinajstić information content (AvgIpc) is 2.94. The van der Waals surface area contributed by atoms with Gasteiger partial charge in [0, 0.05) is 23.4 Å². The Morgan fingerprint density at radius 1 is 1.50 bits per heavy atom. The average molecular weight is 321 g/mol. The van der Waals surface area contributed by atoms with Crippen LogP contribution < -0.4 is 5.32 Å². The number of rotatable bonds is 3. The maximum absolute atomic E-state index is 12.2. The molecule has 1 amide bonds. The Morgan fingerprint density at radius 2 is 2.32 bits per heavy atom. The number of carbonyl (C=O) groups is 1. The molecule has 3 rings (SSSR count). The van der Waals surface area contributed by atoms with E-state index in [4.69, 9.17) is 11.6 Å². The SMILES string of the molecule is O=C(N[C@H]1CCc2[nH]ncc2C1)c1ccc([N+](=O)[O-])c(Cl)c1. The molecule has 7 nitrogen and oxygen atoms in total. The highest BCUT2D eigenvalue weighted by molar-refractivity contribution is 6.33. The molecule has 0 saturated heterocycles. The monoisotopic (exact) mass is 320 g/mol. The van der Waals surface area contributed by atoms with Gasteiger partial charge >= 0.3 is 0 Å². The van der Waals surface area contributed by atoms with E-state index in [9.17, 15) is 14.9 Å². The quantitative estimate of drug-likeness (QED) is 0.669. The van der Waals surface area contributed by atoms with Gasteiger partial charge in [-0.05, 0) is 37.0 Å². The van der Waals surface area contributed by atoms with Crippen LogP contribution in [0.3, 0.4) is 0 Å². The van der Waals surface area contributed by atoms with Crippen LogP contribution in [0.2, 0.25) is 5.02 Å². The fraction of sp³-hybridized carbons (Fsp3) is 0.286. The lowest BCUT2D eigenvalue weighted by molar-refractivity contribution is -0.384. The molecule has 0 spiro atoms. The van der Waals surface area contributed by atoms with Gasteiger partial charge in [-0.15, -0.1) is 0 Å². The van der Waals surface area contributed by atoms with Crippen LogP contribution in [-0.2, 0) is 12.8 Å². The summed E-state index contributed by atoms with van der Waals surface area (Å²) in [7, 11) is 0. The van der Waals surface area contributed by atoms with Gasteiger partial charge in [0.1, 0.15) is 5.02 Å². The molecule has 2 aromatic rings. The highest BCUT2D eigenvalue weighted by Gasteiger charge is 2.23. The Morgan fingerprint density at radius 3 is 3.05 bits per heavy atom. The van der Waals surface area contributed by atoms with E-state index in [0.717, 1.165) is 30.5 Å². The van der Waals surface area contributed by atoms with Crippen molar-refractivity contribution in [2.24, 2.45) is 0 Å². The number of halogens is 1. The number of nitrogens with one attached hydrogen (secondary N) is 2. The lowest BCUT2D eigenvalue weighted by Gasteiger charge is -2.22. The summed E-state index contributed by atoms with van der Waals surface area (Å²) in [4.78, 5) is 22.4. The normalized spacial score (nSPS) is 16.9. The molecule has 1 aromatic carbocycles. The topological polar surface area (TPSA) is 101 Å². The number of H-pyrrole nitrogens is 1. The zero-order chi connectivity index (χ0) is 15.7. The van der Waals surface area contributed by atoms with E-state index in [-0.39, 0.29) is 22.7 Å². The maximum Gasteiger partial charge on any atom is 0.287 e. The molecule has 1 aliphatic carbocycles. The van der Waals surface area contributed by atoms with E-state index >= 15 is 0 Å². The molecular formula is C14H13ClN4O3. The molecule has 0 radical (unpaired) electrons. The van der Waals surface area contributed by atoms with Crippen LogP contribution in [0.25, 0.3) is 0 Å². The van der Waals surface area contributed by atoms with Crippen LogP contribution in [0.15, 0.2) is 24.4 Å². The van der Waals surface area contributed by atoms with Gasteiger partial charge in [-0.25, -0.2) is 0 Å².